The average Bonchev–Trinajstić information content (AvgIpc) is 3.11. The molecule has 118 valence electrons. The summed E-state index contributed by atoms with van der Waals surface area (Å²) in [5.74, 6) is 0.493. The predicted octanol–water partition coefficient (Wildman–Crippen LogP) is 0.587. The van der Waals surface area contributed by atoms with E-state index in [0.717, 1.165) is 32.4 Å². The van der Waals surface area contributed by atoms with Crippen LogP contribution in [0.1, 0.15) is 30.0 Å². The van der Waals surface area contributed by atoms with Crippen molar-refractivity contribution in [2.24, 2.45) is 5.92 Å². The van der Waals surface area contributed by atoms with Crippen LogP contribution in [-0.2, 0) is 11.2 Å². The lowest BCUT2D eigenvalue weighted by molar-refractivity contribution is -0.124. The van der Waals surface area contributed by atoms with Gasteiger partial charge >= 0.3 is 0 Å². The third kappa shape index (κ3) is 2.43. The minimum absolute atomic E-state index is 0.125. The average molecular weight is 300 g/mol. The fraction of sp³-hybridized carbons (Fsp3) is 0.588. The zero-order chi connectivity index (χ0) is 15.1. The Morgan fingerprint density at radius 1 is 1.27 bits per heavy atom. The van der Waals surface area contributed by atoms with Crippen LogP contribution in [0.4, 0.5) is 0 Å². The molecule has 22 heavy (non-hydrogen) atoms. The summed E-state index contributed by atoms with van der Waals surface area (Å²) in [5, 5.41) is 3.26. The smallest absolute Gasteiger partial charge is 0.239 e. The van der Waals surface area contributed by atoms with Crippen LogP contribution in [0.3, 0.4) is 0 Å². The topological polar surface area (TPSA) is 56.4 Å². The molecule has 4 atom stereocenters. The Balaban J connectivity index is 1.45. The first-order valence-corrected chi connectivity index (χ1v) is 8.30. The Kier molecular flexibility index (Phi) is 3.64. The number of amides is 1. The molecule has 2 heterocycles. The number of aryl methyl sites for hydroxylation is 1. The first-order chi connectivity index (χ1) is 10.7. The molecule has 1 amide bonds. The summed E-state index contributed by atoms with van der Waals surface area (Å²) in [6.07, 6.45) is 3.18. The number of hydrazine groups is 1. The molecule has 2 aliphatic heterocycles. The fourth-order valence-electron chi connectivity index (χ4n) is 4.20. The van der Waals surface area contributed by atoms with E-state index >= 15 is 0 Å². The number of carbonyl (C=O) groups excluding carboxylic acids is 1. The standard InChI is InChI=1S/C17H24N4O/c1-21-9-8-15-13(10-21)16(20-19-15)17(22)18-14-7-6-11-4-2-3-5-12(11)14/h2-5,13-16,19-20H,6-10H2,1H3,(H,18,22)/t13?,14-,15?,16?/m1/s1. The van der Waals surface area contributed by atoms with Gasteiger partial charge in [0.1, 0.15) is 6.04 Å². The van der Waals surface area contributed by atoms with Gasteiger partial charge in [-0.3, -0.25) is 10.2 Å². The molecule has 0 saturated carbocycles. The Morgan fingerprint density at radius 2 is 2.14 bits per heavy atom. The van der Waals surface area contributed by atoms with Gasteiger partial charge in [-0.15, -0.1) is 0 Å². The molecule has 3 N–H and O–H groups in total. The Morgan fingerprint density at radius 3 is 3.05 bits per heavy atom. The molecule has 1 aliphatic carbocycles. The number of carbonyl (C=O) groups is 1. The van der Waals surface area contributed by atoms with E-state index in [1.54, 1.807) is 0 Å². The van der Waals surface area contributed by atoms with Crippen LogP contribution < -0.4 is 16.2 Å². The highest BCUT2D eigenvalue weighted by Gasteiger charge is 2.43. The fourth-order valence-corrected chi connectivity index (χ4v) is 4.20. The third-order valence-corrected chi connectivity index (χ3v) is 5.45. The molecule has 4 rings (SSSR count). The van der Waals surface area contributed by atoms with E-state index in [0.29, 0.717) is 12.0 Å². The summed E-state index contributed by atoms with van der Waals surface area (Å²) in [5.41, 5.74) is 9.21. The largest absolute Gasteiger partial charge is 0.348 e. The molecule has 0 spiro atoms. The number of benzene rings is 1. The lowest BCUT2D eigenvalue weighted by atomic mass is 9.88. The van der Waals surface area contributed by atoms with E-state index < -0.39 is 0 Å². The van der Waals surface area contributed by atoms with Gasteiger partial charge in [0.05, 0.1) is 6.04 Å². The van der Waals surface area contributed by atoms with E-state index in [4.69, 9.17) is 0 Å². The number of nitrogens with zero attached hydrogens (tertiary/aromatic N) is 1. The van der Waals surface area contributed by atoms with Crippen LogP contribution in [0.5, 0.6) is 0 Å². The summed E-state index contributed by atoms with van der Waals surface area (Å²) in [6, 6.07) is 8.92. The molecule has 5 nitrogen and oxygen atoms in total. The summed E-state index contributed by atoms with van der Waals surface area (Å²) >= 11 is 0. The predicted molar refractivity (Wildman–Crippen MR) is 85.1 cm³/mol. The van der Waals surface area contributed by atoms with E-state index in [1.807, 2.05) is 0 Å². The van der Waals surface area contributed by atoms with Gasteiger partial charge < -0.3 is 10.2 Å². The number of likely N-dealkylation sites (tertiary alicyclic amines) is 1. The van der Waals surface area contributed by atoms with Crippen LogP contribution in [0.15, 0.2) is 24.3 Å². The molecular weight excluding hydrogens is 276 g/mol. The summed E-state index contributed by atoms with van der Waals surface area (Å²) in [7, 11) is 2.14. The highest BCUT2D eigenvalue weighted by molar-refractivity contribution is 5.83. The zero-order valence-corrected chi connectivity index (χ0v) is 13.0. The van der Waals surface area contributed by atoms with Gasteiger partial charge in [-0.25, -0.2) is 5.43 Å². The van der Waals surface area contributed by atoms with E-state index in [9.17, 15) is 4.79 Å². The molecule has 1 aromatic rings. The highest BCUT2D eigenvalue weighted by atomic mass is 16.2. The minimum Gasteiger partial charge on any atom is -0.348 e. The molecule has 0 bridgehead atoms. The van der Waals surface area contributed by atoms with Crippen LogP contribution in [-0.4, -0.2) is 43.0 Å². The SMILES string of the molecule is CN1CCC2NNC(C(=O)N[C@@H]3CCc4ccccc43)C2C1. The quantitative estimate of drug-likeness (QED) is 0.748. The summed E-state index contributed by atoms with van der Waals surface area (Å²) in [4.78, 5) is 15.1. The Hall–Kier alpha value is -1.43. The third-order valence-electron chi connectivity index (χ3n) is 5.45. The van der Waals surface area contributed by atoms with Crippen molar-refractivity contribution in [3.8, 4) is 0 Å². The van der Waals surface area contributed by atoms with Crippen LogP contribution in [0.2, 0.25) is 0 Å². The van der Waals surface area contributed by atoms with Crippen LogP contribution >= 0.6 is 0 Å². The number of nitrogens with one attached hydrogen (secondary N) is 3. The van der Waals surface area contributed by atoms with Gasteiger partial charge in [-0.2, -0.15) is 0 Å². The Bertz CT molecular complexity index is 576. The number of hydrogen-bond donors (Lipinski definition) is 3. The van der Waals surface area contributed by atoms with E-state index in [-0.39, 0.29) is 18.0 Å². The van der Waals surface area contributed by atoms with Gasteiger partial charge in [-0.1, -0.05) is 24.3 Å². The lowest BCUT2D eigenvalue weighted by Gasteiger charge is -2.33. The molecular formula is C17H24N4O. The van der Waals surface area contributed by atoms with Gasteiger partial charge in [0.15, 0.2) is 0 Å². The maximum absolute atomic E-state index is 12.7. The van der Waals surface area contributed by atoms with Gasteiger partial charge in [0, 0.05) is 18.5 Å². The lowest BCUT2D eigenvalue weighted by Crippen LogP contribution is -2.50. The zero-order valence-electron chi connectivity index (χ0n) is 13.0. The van der Waals surface area contributed by atoms with Gasteiger partial charge in [0.2, 0.25) is 5.91 Å². The minimum atomic E-state index is -0.125. The summed E-state index contributed by atoms with van der Waals surface area (Å²) in [6.45, 7) is 2.07. The molecule has 0 aromatic heterocycles. The van der Waals surface area contributed by atoms with Crippen molar-refractivity contribution in [3.05, 3.63) is 35.4 Å². The van der Waals surface area contributed by atoms with E-state index in [2.05, 4.69) is 52.4 Å². The Labute approximate surface area is 131 Å². The molecule has 1 aromatic carbocycles. The van der Waals surface area contributed by atoms with E-state index in [1.165, 1.54) is 11.1 Å². The van der Waals surface area contributed by atoms with Crippen molar-refractivity contribution in [1.82, 2.24) is 21.1 Å². The first kappa shape index (κ1) is 14.2. The van der Waals surface area contributed by atoms with Crippen molar-refractivity contribution in [1.29, 1.82) is 0 Å². The molecule has 5 heteroatoms. The number of fused-ring (bicyclic) bond motifs is 2. The maximum Gasteiger partial charge on any atom is 0.239 e. The van der Waals surface area contributed by atoms with Crippen molar-refractivity contribution >= 4 is 5.91 Å². The summed E-state index contributed by atoms with van der Waals surface area (Å²) < 4.78 is 0. The second kappa shape index (κ2) is 5.65. The number of rotatable bonds is 2. The first-order valence-electron chi connectivity index (χ1n) is 8.30. The maximum atomic E-state index is 12.7. The van der Waals surface area contributed by atoms with Gasteiger partial charge in [-0.05, 0) is 44.0 Å². The molecule has 2 fully saturated rings. The molecule has 3 aliphatic rings. The van der Waals surface area contributed by atoms with Crippen LogP contribution in [0, 0.1) is 5.92 Å². The monoisotopic (exact) mass is 300 g/mol. The second-order valence-electron chi connectivity index (χ2n) is 6.89. The number of piperidine rings is 1. The van der Waals surface area contributed by atoms with Crippen molar-refractivity contribution in [2.45, 2.75) is 37.4 Å². The molecule has 2 saturated heterocycles. The van der Waals surface area contributed by atoms with Crippen LogP contribution in [0.25, 0.3) is 0 Å². The van der Waals surface area contributed by atoms with Crippen molar-refractivity contribution in [2.75, 3.05) is 20.1 Å². The normalized spacial score (nSPS) is 34.2. The second-order valence-corrected chi connectivity index (χ2v) is 6.89. The highest BCUT2D eigenvalue weighted by Crippen LogP contribution is 2.31. The molecule has 0 radical (unpaired) electrons. The van der Waals surface area contributed by atoms with Crippen molar-refractivity contribution in [3.63, 3.8) is 0 Å². The van der Waals surface area contributed by atoms with Gasteiger partial charge in [0.25, 0.3) is 0 Å². The van der Waals surface area contributed by atoms with Crippen molar-refractivity contribution < 1.29 is 4.79 Å². The number of hydrogen-bond acceptors (Lipinski definition) is 4. The molecule has 3 unspecified atom stereocenters.